The van der Waals surface area contributed by atoms with Crippen molar-refractivity contribution in [1.82, 2.24) is 14.6 Å². The van der Waals surface area contributed by atoms with Gasteiger partial charge in [0, 0.05) is 12.6 Å². The van der Waals surface area contributed by atoms with Crippen LogP contribution in [0.4, 0.5) is 0 Å². The van der Waals surface area contributed by atoms with Crippen molar-refractivity contribution in [2.24, 2.45) is 5.92 Å². The van der Waals surface area contributed by atoms with Crippen LogP contribution in [0.5, 0.6) is 0 Å². The van der Waals surface area contributed by atoms with Gasteiger partial charge in [0.1, 0.15) is 5.82 Å². The Labute approximate surface area is 83.8 Å². The molecule has 0 amide bonds. The summed E-state index contributed by atoms with van der Waals surface area (Å²) in [5, 5.41) is 8.32. The highest BCUT2D eigenvalue weighted by atomic mass is 15.2. The summed E-state index contributed by atoms with van der Waals surface area (Å²) in [5.41, 5.74) is 2.17. The number of hydrogen-bond acceptors (Lipinski definition) is 2. The highest BCUT2D eigenvalue weighted by molar-refractivity contribution is 5.39. The van der Waals surface area contributed by atoms with Gasteiger partial charge in [0.2, 0.25) is 0 Å². The monoisotopic (exact) mass is 189 g/mol. The molecule has 0 aliphatic rings. The lowest BCUT2D eigenvalue weighted by atomic mass is 10.1. The maximum Gasteiger partial charge on any atom is 0.160 e. The van der Waals surface area contributed by atoms with Gasteiger partial charge in [0.25, 0.3) is 0 Å². The van der Waals surface area contributed by atoms with Crippen molar-refractivity contribution in [3.8, 4) is 0 Å². The van der Waals surface area contributed by atoms with Crippen LogP contribution in [0.3, 0.4) is 0 Å². The van der Waals surface area contributed by atoms with Gasteiger partial charge in [-0.3, -0.25) is 4.40 Å². The fraction of sp³-hybridized carbons (Fsp3) is 0.455. The van der Waals surface area contributed by atoms with Gasteiger partial charge in [-0.05, 0) is 24.5 Å². The number of aryl methyl sites for hydroxylation is 1. The molecule has 2 aromatic rings. The Kier molecular flexibility index (Phi) is 2.23. The average molecular weight is 189 g/mol. The van der Waals surface area contributed by atoms with Crippen molar-refractivity contribution in [1.29, 1.82) is 0 Å². The van der Waals surface area contributed by atoms with Gasteiger partial charge >= 0.3 is 0 Å². The van der Waals surface area contributed by atoms with E-state index in [0.29, 0.717) is 5.92 Å². The van der Waals surface area contributed by atoms with E-state index in [9.17, 15) is 0 Å². The second kappa shape index (κ2) is 3.40. The number of nitrogens with zero attached hydrogens (tertiary/aromatic N) is 3. The third kappa shape index (κ3) is 1.62. The first-order chi connectivity index (χ1) is 6.66. The molecule has 2 aromatic heterocycles. The van der Waals surface area contributed by atoms with E-state index in [1.165, 1.54) is 5.56 Å². The first-order valence-electron chi connectivity index (χ1n) is 4.97. The van der Waals surface area contributed by atoms with Crippen molar-refractivity contribution in [3.05, 3.63) is 29.7 Å². The van der Waals surface area contributed by atoms with E-state index in [1.807, 2.05) is 6.07 Å². The van der Waals surface area contributed by atoms with Gasteiger partial charge in [-0.1, -0.05) is 19.9 Å². The van der Waals surface area contributed by atoms with Crippen molar-refractivity contribution in [3.63, 3.8) is 0 Å². The molecule has 0 aromatic carbocycles. The summed E-state index contributed by atoms with van der Waals surface area (Å²) in [6, 6.07) is 4.06. The minimum atomic E-state index is 0.614. The lowest BCUT2D eigenvalue weighted by Crippen LogP contribution is -2.00. The SMILES string of the molecule is Cc1ccc2nnc(CC(C)C)n2c1. The summed E-state index contributed by atoms with van der Waals surface area (Å²) >= 11 is 0. The van der Waals surface area contributed by atoms with Crippen LogP contribution in [0.2, 0.25) is 0 Å². The number of fused-ring (bicyclic) bond motifs is 1. The van der Waals surface area contributed by atoms with Gasteiger partial charge < -0.3 is 0 Å². The van der Waals surface area contributed by atoms with E-state index < -0.39 is 0 Å². The predicted molar refractivity (Wildman–Crippen MR) is 56.3 cm³/mol. The molecule has 0 radical (unpaired) electrons. The van der Waals surface area contributed by atoms with Crippen LogP contribution in [0.15, 0.2) is 18.3 Å². The van der Waals surface area contributed by atoms with E-state index >= 15 is 0 Å². The Morgan fingerprint density at radius 2 is 2.07 bits per heavy atom. The molecule has 74 valence electrons. The predicted octanol–water partition coefficient (Wildman–Crippen LogP) is 2.24. The highest BCUT2D eigenvalue weighted by Crippen LogP contribution is 2.09. The van der Waals surface area contributed by atoms with E-state index in [1.54, 1.807) is 0 Å². The lowest BCUT2D eigenvalue weighted by Gasteiger charge is -2.02. The molecule has 0 bridgehead atoms. The zero-order chi connectivity index (χ0) is 10.1. The molecule has 2 rings (SSSR count). The van der Waals surface area contributed by atoms with E-state index in [0.717, 1.165) is 17.9 Å². The molecule has 3 nitrogen and oxygen atoms in total. The number of rotatable bonds is 2. The van der Waals surface area contributed by atoms with Gasteiger partial charge in [0.15, 0.2) is 5.65 Å². The lowest BCUT2D eigenvalue weighted by molar-refractivity contribution is 0.616. The molecule has 0 aliphatic heterocycles. The molecule has 0 N–H and O–H groups in total. The zero-order valence-electron chi connectivity index (χ0n) is 8.86. The molecular formula is C11H15N3. The van der Waals surface area contributed by atoms with E-state index in [2.05, 4.69) is 47.6 Å². The van der Waals surface area contributed by atoms with Crippen LogP contribution in [-0.4, -0.2) is 14.6 Å². The van der Waals surface area contributed by atoms with Crippen LogP contribution >= 0.6 is 0 Å². The molecule has 0 spiro atoms. The molecular weight excluding hydrogens is 174 g/mol. The van der Waals surface area contributed by atoms with Gasteiger partial charge in [0.05, 0.1) is 0 Å². The van der Waals surface area contributed by atoms with Crippen molar-refractivity contribution >= 4 is 5.65 Å². The number of pyridine rings is 1. The average Bonchev–Trinajstić information content (AvgIpc) is 2.47. The summed E-state index contributed by atoms with van der Waals surface area (Å²) in [6.07, 6.45) is 3.07. The first kappa shape index (κ1) is 9.19. The molecule has 0 saturated heterocycles. The van der Waals surface area contributed by atoms with Crippen molar-refractivity contribution in [2.75, 3.05) is 0 Å². The van der Waals surface area contributed by atoms with Crippen LogP contribution in [0.25, 0.3) is 5.65 Å². The Morgan fingerprint density at radius 3 is 2.79 bits per heavy atom. The standard InChI is InChI=1S/C11H15N3/c1-8(2)6-11-13-12-10-5-4-9(3)7-14(10)11/h4-5,7-8H,6H2,1-3H3. The number of aromatic nitrogens is 3. The van der Waals surface area contributed by atoms with Gasteiger partial charge in [-0.25, -0.2) is 0 Å². The summed E-state index contributed by atoms with van der Waals surface area (Å²) in [6.45, 7) is 6.46. The quantitative estimate of drug-likeness (QED) is 0.725. The van der Waals surface area contributed by atoms with Crippen LogP contribution in [0.1, 0.15) is 25.2 Å². The summed E-state index contributed by atoms with van der Waals surface area (Å²) in [7, 11) is 0. The molecule has 0 saturated carbocycles. The third-order valence-electron chi connectivity index (χ3n) is 2.21. The minimum absolute atomic E-state index is 0.614. The van der Waals surface area contributed by atoms with Crippen LogP contribution < -0.4 is 0 Å². The van der Waals surface area contributed by atoms with E-state index in [-0.39, 0.29) is 0 Å². The Morgan fingerprint density at radius 1 is 1.29 bits per heavy atom. The molecule has 0 aliphatic carbocycles. The van der Waals surface area contributed by atoms with Gasteiger partial charge in [-0.15, -0.1) is 10.2 Å². The molecule has 3 heteroatoms. The highest BCUT2D eigenvalue weighted by Gasteiger charge is 2.06. The van der Waals surface area contributed by atoms with E-state index in [4.69, 9.17) is 0 Å². The normalized spacial score (nSPS) is 11.4. The van der Waals surface area contributed by atoms with Crippen molar-refractivity contribution < 1.29 is 0 Å². The Bertz CT molecular complexity index is 443. The fourth-order valence-electron chi connectivity index (χ4n) is 1.55. The Hall–Kier alpha value is -1.38. The molecule has 2 heterocycles. The van der Waals surface area contributed by atoms with Crippen LogP contribution in [0, 0.1) is 12.8 Å². The van der Waals surface area contributed by atoms with Gasteiger partial charge in [-0.2, -0.15) is 0 Å². The zero-order valence-corrected chi connectivity index (χ0v) is 8.86. The minimum Gasteiger partial charge on any atom is -0.286 e. The number of hydrogen-bond donors (Lipinski definition) is 0. The molecule has 0 unspecified atom stereocenters. The second-order valence-corrected chi connectivity index (χ2v) is 4.15. The summed E-state index contributed by atoms with van der Waals surface area (Å²) in [4.78, 5) is 0. The van der Waals surface area contributed by atoms with Crippen molar-refractivity contribution in [2.45, 2.75) is 27.2 Å². The summed E-state index contributed by atoms with van der Waals surface area (Å²) in [5.74, 6) is 1.67. The summed E-state index contributed by atoms with van der Waals surface area (Å²) < 4.78 is 2.08. The molecule has 0 fully saturated rings. The Balaban J connectivity index is 2.50. The third-order valence-corrected chi connectivity index (χ3v) is 2.21. The molecule has 14 heavy (non-hydrogen) atoms. The van der Waals surface area contributed by atoms with Crippen LogP contribution in [-0.2, 0) is 6.42 Å². The largest absolute Gasteiger partial charge is 0.286 e. The maximum atomic E-state index is 4.19. The first-order valence-corrected chi connectivity index (χ1v) is 4.97. The fourth-order valence-corrected chi connectivity index (χ4v) is 1.55. The second-order valence-electron chi connectivity index (χ2n) is 4.15. The maximum absolute atomic E-state index is 4.19. The topological polar surface area (TPSA) is 30.2 Å². The molecule has 0 atom stereocenters. The smallest absolute Gasteiger partial charge is 0.160 e.